The van der Waals surface area contributed by atoms with Crippen molar-refractivity contribution >= 4 is 24.5 Å². The van der Waals surface area contributed by atoms with Gasteiger partial charge in [0.2, 0.25) is 0 Å². The minimum Gasteiger partial charge on any atom is -0.478 e. The SMILES string of the molecule is C.C.C#Cc1cc(C(=O)O)ccc1C(=O)O.F.N#Cc1cc(C=O)ccc1C=O. The van der Waals surface area contributed by atoms with Gasteiger partial charge in [0.15, 0.2) is 6.29 Å². The van der Waals surface area contributed by atoms with Gasteiger partial charge in [-0.15, -0.1) is 6.42 Å². The van der Waals surface area contributed by atoms with E-state index in [1.165, 1.54) is 30.3 Å². The Morgan fingerprint density at radius 2 is 1.55 bits per heavy atom. The molecule has 0 bridgehead atoms. The lowest BCUT2D eigenvalue weighted by Crippen LogP contribution is -2.03. The summed E-state index contributed by atoms with van der Waals surface area (Å²) in [6.07, 6.45) is 6.28. The van der Waals surface area contributed by atoms with Crippen molar-refractivity contribution in [3.05, 3.63) is 69.8 Å². The molecular formula is C21H20FNO6. The molecule has 0 aliphatic heterocycles. The molecule has 2 N–H and O–H groups in total. The van der Waals surface area contributed by atoms with Crippen LogP contribution < -0.4 is 0 Å². The summed E-state index contributed by atoms with van der Waals surface area (Å²) in [6, 6.07) is 9.71. The second-order valence-electron chi connectivity index (χ2n) is 4.71. The van der Waals surface area contributed by atoms with Crippen LogP contribution in [0.1, 0.15) is 67.4 Å². The molecule has 2 aromatic carbocycles. The van der Waals surface area contributed by atoms with Crippen molar-refractivity contribution in [3.8, 4) is 18.4 Å². The molecule has 2 rings (SSSR count). The standard InChI is InChI=1S/C10H6O4.C9H5NO2.2CH4.FH/c1-2-6-5-7(9(11)12)3-4-8(6)10(13)14;10-4-9-3-7(5-11)1-2-8(9)6-12;;;/h1,3-5H,(H,11,12)(H,13,14);1-3,5-6H;2*1H4;1H. The highest BCUT2D eigenvalue weighted by atomic mass is 19.0. The second-order valence-corrected chi connectivity index (χ2v) is 4.71. The number of hydrogen-bond acceptors (Lipinski definition) is 5. The molecule has 0 amide bonds. The molecule has 0 aromatic heterocycles. The van der Waals surface area contributed by atoms with E-state index in [1.54, 1.807) is 0 Å². The predicted molar refractivity (Wildman–Crippen MR) is 106 cm³/mol. The number of aldehydes is 2. The lowest BCUT2D eigenvalue weighted by atomic mass is 10.0. The van der Waals surface area contributed by atoms with Crippen molar-refractivity contribution in [2.45, 2.75) is 14.9 Å². The van der Waals surface area contributed by atoms with Crippen LogP contribution in [0.2, 0.25) is 0 Å². The van der Waals surface area contributed by atoms with Crippen LogP contribution >= 0.6 is 0 Å². The largest absolute Gasteiger partial charge is 0.478 e. The van der Waals surface area contributed by atoms with E-state index in [2.05, 4.69) is 5.92 Å². The minimum atomic E-state index is -1.17. The molecule has 0 aliphatic rings. The molecule has 0 atom stereocenters. The van der Waals surface area contributed by atoms with Crippen molar-refractivity contribution in [1.29, 1.82) is 5.26 Å². The number of nitriles is 1. The van der Waals surface area contributed by atoms with Gasteiger partial charge in [0.25, 0.3) is 0 Å². The summed E-state index contributed by atoms with van der Waals surface area (Å²) in [5.41, 5.74) is 0.910. The summed E-state index contributed by atoms with van der Waals surface area (Å²) in [5, 5.41) is 25.8. The van der Waals surface area contributed by atoms with Crippen LogP contribution in [0.15, 0.2) is 36.4 Å². The number of hydrogen-bond donors (Lipinski definition) is 2. The Bertz CT molecular complexity index is 970. The van der Waals surface area contributed by atoms with Gasteiger partial charge >= 0.3 is 11.9 Å². The Balaban J connectivity index is -0.000000426. The lowest BCUT2D eigenvalue weighted by molar-refractivity contribution is 0.0681. The molecule has 152 valence electrons. The van der Waals surface area contributed by atoms with Gasteiger partial charge in [0, 0.05) is 16.7 Å². The average Bonchev–Trinajstić information content (AvgIpc) is 2.66. The van der Waals surface area contributed by atoms with Crippen LogP contribution in [0.25, 0.3) is 0 Å². The highest BCUT2D eigenvalue weighted by Gasteiger charge is 2.11. The quantitative estimate of drug-likeness (QED) is 0.590. The topological polar surface area (TPSA) is 133 Å². The van der Waals surface area contributed by atoms with Crippen molar-refractivity contribution in [2.24, 2.45) is 0 Å². The summed E-state index contributed by atoms with van der Waals surface area (Å²) < 4.78 is 0. The van der Waals surface area contributed by atoms with E-state index >= 15 is 0 Å². The number of carboxylic acids is 2. The third kappa shape index (κ3) is 7.85. The monoisotopic (exact) mass is 401 g/mol. The molecule has 0 heterocycles. The Hall–Kier alpha value is -4.30. The molecular weight excluding hydrogens is 381 g/mol. The summed E-state index contributed by atoms with van der Waals surface area (Å²) >= 11 is 0. The highest BCUT2D eigenvalue weighted by Crippen LogP contribution is 2.11. The normalized spacial score (nSPS) is 7.93. The molecule has 7 nitrogen and oxygen atoms in total. The van der Waals surface area contributed by atoms with Crippen molar-refractivity contribution in [1.82, 2.24) is 0 Å². The number of terminal acetylenes is 1. The maximum absolute atomic E-state index is 10.6. The zero-order valence-electron chi connectivity index (χ0n) is 13.6. The van der Waals surface area contributed by atoms with E-state index in [0.29, 0.717) is 23.7 Å². The average molecular weight is 401 g/mol. The van der Waals surface area contributed by atoms with Crippen molar-refractivity contribution in [2.75, 3.05) is 0 Å². The van der Waals surface area contributed by atoms with Gasteiger partial charge < -0.3 is 10.2 Å². The van der Waals surface area contributed by atoms with Crippen LogP contribution in [0.3, 0.4) is 0 Å². The van der Waals surface area contributed by atoms with Crippen LogP contribution in [-0.4, -0.2) is 34.7 Å². The van der Waals surface area contributed by atoms with Crippen LogP contribution in [0, 0.1) is 23.7 Å². The first kappa shape index (κ1) is 29.5. The van der Waals surface area contributed by atoms with E-state index in [4.69, 9.17) is 21.9 Å². The fraction of sp³-hybridized carbons (Fsp3) is 0.0952. The number of carboxylic acid groups (broad SMARTS) is 2. The first-order chi connectivity index (χ1) is 12.4. The van der Waals surface area contributed by atoms with Crippen molar-refractivity contribution < 1.29 is 34.1 Å². The van der Waals surface area contributed by atoms with E-state index < -0.39 is 11.9 Å². The van der Waals surface area contributed by atoms with Crippen LogP contribution in [0.4, 0.5) is 4.70 Å². The number of nitrogens with zero attached hydrogens (tertiary/aromatic N) is 1. The van der Waals surface area contributed by atoms with Gasteiger partial charge in [-0.25, -0.2) is 9.59 Å². The maximum atomic E-state index is 10.6. The minimum absolute atomic E-state index is 0. The van der Waals surface area contributed by atoms with E-state index in [1.807, 2.05) is 6.07 Å². The van der Waals surface area contributed by atoms with Gasteiger partial charge in [0.1, 0.15) is 6.29 Å². The molecule has 0 saturated heterocycles. The number of halogens is 1. The number of aromatic carboxylic acids is 2. The molecule has 29 heavy (non-hydrogen) atoms. The van der Waals surface area contributed by atoms with Gasteiger partial charge in [-0.05, 0) is 30.3 Å². The number of carbonyl (C=O) groups is 4. The number of carbonyl (C=O) groups excluding carboxylic acids is 2. The fourth-order valence-electron chi connectivity index (χ4n) is 1.83. The predicted octanol–water partition coefficient (Wildman–Crippen LogP) is 3.67. The number of rotatable bonds is 4. The second kappa shape index (κ2) is 13.8. The molecule has 0 radical (unpaired) electrons. The van der Waals surface area contributed by atoms with Gasteiger partial charge in [0.05, 0.1) is 22.8 Å². The lowest BCUT2D eigenvalue weighted by Gasteiger charge is -2.00. The molecule has 0 aliphatic carbocycles. The summed E-state index contributed by atoms with van der Waals surface area (Å²) in [5.74, 6) is -0.184. The molecule has 0 saturated carbocycles. The van der Waals surface area contributed by atoms with Crippen molar-refractivity contribution in [3.63, 3.8) is 0 Å². The van der Waals surface area contributed by atoms with Crippen LogP contribution in [-0.2, 0) is 0 Å². The van der Waals surface area contributed by atoms with Gasteiger partial charge in [-0.1, -0.05) is 26.8 Å². The molecule has 0 unspecified atom stereocenters. The van der Waals surface area contributed by atoms with Gasteiger partial charge in [-0.2, -0.15) is 5.26 Å². The Morgan fingerprint density at radius 1 is 0.931 bits per heavy atom. The summed E-state index contributed by atoms with van der Waals surface area (Å²) in [6.45, 7) is 0. The molecule has 0 fully saturated rings. The first-order valence-corrected chi connectivity index (χ1v) is 6.89. The zero-order chi connectivity index (χ0) is 19.7. The van der Waals surface area contributed by atoms with Crippen LogP contribution in [0.5, 0.6) is 0 Å². The molecule has 0 spiro atoms. The van der Waals surface area contributed by atoms with E-state index in [0.717, 1.165) is 6.07 Å². The smallest absolute Gasteiger partial charge is 0.336 e. The fourth-order valence-corrected chi connectivity index (χ4v) is 1.83. The third-order valence-electron chi connectivity index (χ3n) is 3.11. The molecule has 8 heteroatoms. The van der Waals surface area contributed by atoms with E-state index in [-0.39, 0.29) is 41.8 Å². The van der Waals surface area contributed by atoms with E-state index in [9.17, 15) is 19.2 Å². The first-order valence-electron chi connectivity index (χ1n) is 6.89. The highest BCUT2D eigenvalue weighted by molar-refractivity contribution is 5.94. The third-order valence-corrected chi connectivity index (χ3v) is 3.11. The van der Waals surface area contributed by atoms with Gasteiger partial charge in [-0.3, -0.25) is 14.3 Å². The zero-order valence-corrected chi connectivity index (χ0v) is 13.6. The number of benzene rings is 2. The summed E-state index contributed by atoms with van der Waals surface area (Å²) in [4.78, 5) is 41.8. The summed E-state index contributed by atoms with van der Waals surface area (Å²) in [7, 11) is 0. The maximum Gasteiger partial charge on any atom is 0.336 e. The Morgan fingerprint density at radius 3 is 1.97 bits per heavy atom. The Kier molecular flexibility index (Phi) is 14.1. The molecule has 2 aromatic rings. The Labute approximate surface area is 167 Å².